The Balaban J connectivity index is 2.23. The Hall–Kier alpha value is -1.52. The number of hydrogen-bond donors (Lipinski definition) is 1. The summed E-state index contributed by atoms with van der Waals surface area (Å²) in [6, 6.07) is 12.2. The standard InChI is InChI=1S/C16H20N2OS/c1-11-7-12(2)18-16(8-11)20-15(10-17)13-5-4-6-14(9-13)19-3/h4-9,15H,10,17H2,1-3H3. The summed E-state index contributed by atoms with van der Waals surface area (Å²) in [5.74, 6) is 0.856. The van der Waals surface area contributed by atoms with Crippen LogP contribution in [0.2, 0.25) is 0 Å². The topological polar surface area (TPSA) is 48.1 Å². The van der Waals surface area contributed by atoms with Crippen LogP contribution in [-0.2, 0) is 0 Å². The highest BCUT2D eigenvalue weighted by molar-refractivity contribution is 7.99. The third-order valence-corrected chi connectivity index (χ3v) is 4.22. The van der Waals surface area contributed by atoms with E-state index < -0.39 is 0 Å². The summed E-state index contributed by atoms with van der Waals surface area (Å²) in [6.45, 7) is 4.66. The first-order chi connectivity index (χ1) is 9.62. The van der Waals surface area contributed by atoms with Gasteiger partial charge in [-0.3, -0.25) is 0 Å². The first-order valence-corrected chi connectivity index (χ1v) is 7.46. The minimum Gasteiger partial charge on any atom is -0.497 e. The quantitative estimate of drug-likeness (QED) is 0.855. The summed E-state index contributed by atoms with van der Waals surface area (Å²) in [5.41, 5.74) is 9.36. The van der Waals surface area contributed by atoms with Crippen LogP contribution >= 0.6 is 11.8 Å². The van der Waals surface area contributed by atoms with Gasteiger partial charge in [0.2, 0.25) is 0 Å². The van der Waals surface area contributed by atoms with Gasteiger partial charge in [0.05, 0.1) is 12.1 Å². The van der Waals surface area contributed by atoms with Crippen LogP contribution in [0.15, 0.2) is 41.4 Å². The molecule has 2 rings (SSSR count). The highest BCUT2D eigenvalue weighted by Gasteiger charge is 2.13. The average Bonchev–Trinajstić information content (AvgIpc) is 2.44. The van der Waals surface area contributed by atoms with Crippen molar-refractivity contribution in [1.82, 2.24) is 4.98 Å². The van der Waals surface area contributed by atoms with Crippen LogP contribution in [0.3, 0.4) is 0 Å². The number of hydrogen-bond acceptors (Lipinski definition) is 4. The largest absolute Gasteiger partial charge is 0.497 e. The number of aromatic nitrogens is 1. The van der Waals surface area contributed by atoms with Crippen LogP contribution in [-0.4, -0.2) is 18.6 Å². The summed E-state index contributed by atoms with van der Waals surface area (Å²) in [4.78, 5) is 4.57. The zero-order chi connectivity index (χ0) is 14.5. The number of pyridine rings is 1. The molecule has 3 nitrogen and oxygen atoms in total. The second-order valence-corrected chi connectivity index (χ2v) is 5.97. The number of benzene rings is 1. The summed E-state index contributed by atoms with van der Waals surface area (Å²) in [7, 11) is 1.68. The van der Waals surface area contributed by atoms with Crippen molar-refractivity contribution in [3.8, 4) is 5.75 Å². The highest BCUT2D eigenvalue weighted by atomic mass is 32.2. The maximum atomic E-state index is 5.93. The number of methoxy groups -OCH3 is 1. The molecule has 4 heteroatoms. The Bertz CT molecular complexity index is 566. The van der Waals surface area contributed by atoms with Gasteiger partial charge in [-0.25, -0.2) is 4.98 Å². The predicted octanol–water partition coefficient (Wildman–Crippen LogP) is 3.50. The van der Waals surface area contributed by atoms with Crippen molar-refractivity contribution >= 4 is 11.8 Å². The van der Waals surface area contributed by atoms with Gasteiger partial charge in [-0.15, -0.1) is 0 Å². The van der Waals surface area contributed by atoms with Crippen LogP contribution in [0.25, 0.3) is 0 Å². The number of rotatable bonds is 5. The van der Waals surface area contributed by atoms with Crippen molar-refractivity contribution in [3.05, 3.63) is 53.2 Å². The van der Waals surface area contributed by atoms with Gasteiger partial charge in [0, 0.05) is 17.5 Å². The molecule has 2 N–H and O–H groups in total. The monoisotopic (exact) mass is 288 g/mol. The molecule has 1 heterocycles. The van der Waals surface area contributed by atoms with Crippen LogP contribution in [0, 0.1) is 13.8 Å². The van der Waals surface area contributed by atoms with E-state index in [4.69, 9.17) is 10.5 Å². The molecule has 1 aromatic heterocycles. The smallest absolute Gasteiger partial charge is 0.119 e. The average molecular weight is 288 g/mol. The van der Waals surface area contributed by atoms with Gasteiger partial charge in [-0.05, 0) is 49.2 Å². The van der Waals surface area contributed by atoms with Crippen molar-refractivity contribution in [3.63, 3.8) is 0 Å². The van der Waals surface area contributed by atoms with Gasteiger partial charge in [0.1, 0.15) is 5.75 Å². The fraction of sp³-hybridized carbons (Fsp3) is 0.312. The number of nitrogens with two attached hydrogens (primary N) is 1. The molecule has 0 spiro atoms. The Kier molecular flexibility index (Phi) is 5.04. The molecule has 0 aliphatic heterocycles. The Morgan fingerprint density at radius 1 is 1.25 bits per heavy atom. The lowest BCUT2D eigenvalue weighted by atomic mass is 10.1. The van der Waals surface area contributed by atoms with E-state index >= 15 is 0 Å². The van der Waals surface area contributed by atoms with Gasteiger partial charge in [-0.1, -0.05) is 23.9 Å². The van der Waals surface area contributed by atoms with E-state index in [1.807, 2.05) is 25.1 Å². The molecule has 0 aliphatic carbocycles. The molecule has 0 saturated heterocycles. The molecule has 0 fully saturated rings. The predicted molar refractivity (Wildman–Crippen MR) is 84.4 cm³/mol. The first-order valence-electron chi connectivity index (χ1n) is 6.58. The molecule has 1 unspecified atom stereocenters. The van der Waals surface area contributed by atoms with Crippen LogP contribution in [0.5, 0.6) is 5.75 Å². The maximum Gasteiger partial charge on any atom is 0.119 e. The number of thioether (sulfide) groups is 1. The Labute approximate surface area is 124 Å². The summed E-state index contributed by atoms with van der Waals surface area (Å²) >= 11 is 1.70. The molecule has 1 aromatic carbocycles. The fourth-order valence-electron chi connectivity index (χ4n) is 2.10. The third kappa shape index (κ3) is 3.74. The molecular weight excluding hydrogens is 268 g/mol. The highest BCUT2D eigenvalue weighted by Crippen LogP contribution is 2.35. The van der Waals surface area contributed by atoms with E-state index in [-0.39, 0.29) is 5.25 Å². The molecule has 0 amide bonds. The molecule has 1 atom stereocenters. The van der Waals surface area contributed by atoms with Crippen LogP contribution in [0.1, 0.15) is 22.1 Å². The minimum absolute atomic E-state index is 0.179. The van der Waals surface area contributed by atoms with Crippen molar-refractivity contribution in [2.75, 3.05) is 13.7 Å². The van der Waals surface area contributed by atoms with E-state index in [0.717, 1.165) is 22.0 Å². The van der Waals surface area contributed by atoms with Crippen LogP contribution < -0.4 is 10.5 Å². The van der Waals surface area contributed by atoms with Gasteiger partial charge >= 0.3 is 0 Å². The summed E-state index contributed by atoms with van der Waals surface area (Å²) < 4.78 is 5.27. The number of ether oxygens (including phenoxy) is 1. The van der Waals surface area contributed by atoms with E-state index in [1.54, 1.807) is 18.9 Å². The Morgan fingerprint density at radius 3 is 2.70 bits per heavy atom. The summed E-state index contributed by atoms with van der Waals surface area (Å²) in [5, 5.41) is 1.19. The lowest BCUT2D eigenvalue weighted by molar-refractivity contribution is 0.414. The van der Waals surface area contributed by atoms with Gasteiger partial charge in [0.15, 0.2) is 0 Å². The molecule has 2 aromatic rings. The molecule has 0 radical (unpaired) electrons. The zero-order valence-corrected chi connectivity index (χ0v) is 12.9. The van der Waals surface area contributed by atoms with Crippen molar-refractivity contribution < 1.29 is 4.74 Å². The molecule has 20 heavy (non-hydrogen) atoms. The van der Waals surface area contributed by atoms with Gasteiger partial charge in [0.25, 0.3) is 0 Å². The molecule has 0 bridgehead atoms. The number of aryl methyl sites for hydroxylation is 2. The van der Waals surface area contributed by atoms with Gasteiger partial charge < -0.3 is 10.5 Å². The van der Waals surface area contributed by atoms with Crippen molar-refractivity contribution in [2.45, 2.75) is 24.1 Å². The first kappa shape index (κ1) is 14.9. The second-order valence-electron chi connectivity index (χ2n) is 4.74. The van der Waals surface area contributed by atoms with E-state index in [1.165, 1.54) is 5.56 Å². The lowest BCUT2D eigenvalue weighted by Crippen LogP contribution is -2.09. The molecule has 106 valence electrons. The van der Waals surface area contributed by atoms with Crippen LogP contribution in [0.4, 0.5) is 0 Å². The lowest BCUT2D eigenvalue weighted by Gasteiger charge is -2.15. The number of nitrogens with zero attached hydrogens (tertiary/aromatic N) is 1. The second kappa shape index (κ2) is 6.77. The normalized spacial score (nSPS) is 12.2. The zero-order valence-electron chi connectivity index (χ0n) is 12.1. The summed E-state index contributed by atoms with van der Waals surface area (Å²) in [6.07, 6.45) is 0. The fourth-order valence-corrected chi connectivity index (χ4v) is 3.23. The Morgan fingerprint density at radius 2 is 2.05 bits per heavy atom. The van der Waals surface area contributed by atoms with Gasteiger partial charge in [-0.2, -0.15) is 0 Å². The molecular formula is C16H20N2OS. The van der Waals surface area contributed by atoms with Crippen molar-refractivity contribution in [1.29, 1.82) is 0 Å². The third-order valence-electron chi connectivity index (χ3n) is 3.02. The molecule has 0 saturated carbocycles. The van der Waals surface area contributed by atoms with E-state index in [9.17, 15) is 0 Å². The van der Waals surface area contributed by atoms with E-state index in [0.29, 0.717) is 6.54 Å². The van der Waals surface area contributed by atoms with Crippen molar-refractivity contribution in [2.24, 2.45) is 5.73 Å². The van der Waals surface area contributed by atoms with E-state index in [2.05, 4.69) is 30.1 Å². The molecule has 0 aliphatic rings. The SMILES string of the molecule is COc1cccc(C(CN)Sc2cc(C)cc(C)n2)c1. The minimum atomic E-state index is 0.179. The maximum absolute atomic E-state index is 5.93.